The maximum absolute atomic E-state index is 14.4. The summed E-state index contributed by atoms with van der Waals surface area (Å²) in [6.07, 6.45) is 10.4. The summed E-state index contributed by atoms with van der Waals surface area (Å²) >= 11 is 0. The van der Waals surface area contributed by atoms with E-state index >= 15 is 0 Å². The molecule has 3 unspecified atom stereocenters. The van der Waals surface area contributed by atoms with Gasteiger partial charge in [-0.2, -0.15) is 0 Å². The molecular formula is C39H59N5O8S. The van der Waals surface area contributed by atoms with Crippen molar-refractivity contribution in [2.75, 3.05) is 13.2 Å². The molecule has 7 atom stereocenters. The van der Waals surface area contributed by atoms with Crippen molar-refractivity contribution in [2.24, 2.45) is 5.92 Å². The van der Waals surface area contributed by atoms with E-state index in [9.17, 15) is 27.6 Å². The standard InChI is InChI=1S/C39H59N5O8S/c1-26-13-8-7-9-14-28-15-12-16-29-22-43(24-32(28)29)27(2)52-30-21-35-37(46)40-33(36(45)42-53(49,50)31-19-20-31)17-10-5-3-4-6-11-18-34(38(47)44(35)23-30)41-39(48)51-25-26/h12,15-16,26-27,30-31,33-35H,3-11,13-14,17-25H2,1-2H3,(H,40,46)(H,41,48)(H,42,45)/t26-,27?,30-,33?,34+,35+/m1/s1. The van der Waals surface area contributed by atoms with Crippen molar-refractivity contribution in [3.05, 3.63) is 34.9 Å². The first-order chi connectivity index (χ1) is 25.5. The molecule has 1 aromatic rings. The first kappa shape index (κ1) is 39.5. The molecule has 5 aliphatic rings. The molecule has 294 valence electrons. The average Bonchev–Trinajstić information content (AvgIpc) is 3.77. The number of fused-ring (bicyclic) bond motifs is 3. The number of rotatable bonds is 3. The zero-order valence-corrected chi connectivity index (χ0v) is 32.3. The average molecular weight is 758 g/mol. The van der Waals surface area contributed by atoms with Crippen LogP contribution in [-0.4, -0.2) is 90.9 Å². The van der Waals surface area contributed by atoms with Crippen LogP contribution in [-0.2, 0) is 53.4 Å². The van der Waals surface area contributed by atoms with Crippen molar-refractivity contribution in [2.45, 2.75) is 165 Å². The van der Waals surface area contributed by atoms with Crippen molar-refractivity contribution in [3.63, 3.8) is 0 Å². The van der Waals surface area contributed by atoms with Crippen LogP contribution in [0.1, 0.15) is 127 Å². The molecule has 0 spiro atoms. The third-order valence-electron chi connectivity index (χ3n) is 11.7. The molecule has 13 nitrogen and oxygen atoms in total. The van der Waals surface area contributed by atoms with Crippen molar-refractivity contribution < 1.29 is 37.1 Å². The predicted molar refractivity (Wildman–Crippen MR) is 199 cm³/mol. The van der Waals surface area contributed by atoms with Crippen molar-refractivity contribution in [1.82, 2.24) is 25.2 Å². The molecule has 14 heteroatoms. The Bertz CT molecular complexity index is 1580. The largest absolute Gasteiger partial charge is 0.449 e. The van der Waals surface area contributed by atoms with Gasteiger partial charge < -0.3 is 25.0 Å². The Hall–Kier alpha value is -3.23. The van der Waals surface area contributed by atoms with E-state index in [0.29, 0.717) is 32.1 Å². The van der Waals surface area contributed by atoms with Gasteiger partial charge in [-0.1, -0.05) is 76.5 Å². The second-order valence-corrected chi connectivity index (χ2v) is 18.0. The van der Waals surface area contributed by atoms with Gasteiger partial charge in [0.15, 0.2) is 0 Å². The van der Waals surface area contributed by atoms with Crippen molar-refractivity contribution in [3.8, 4) is 0 Å². The van der Waals surface area contributed by atoms with Crippen LogP contribution in [0.4, 0.5) is 4.79 Å². The molecule has 4 amide bonds. The van der Waals surface area contributed by atoms with E-state index in [-0.39, 0.29) is 38.1 Å². The molecule has 3 N–H and O–H groups in total. The van der Waals surface area contributed by atoms with Gasteiger partial charge >= 0.3 is 6.09 Å². The highest BCUT2D eigenvalue weighted by atomic mass is 32.2. The van der Waals surface area contributed by atoms with Gasteiger partial charge in [0, 0.05) is 26.1 Å². The minimum atomic E-state index is -3.82. The summed E-state index contributed by atoms with van der Waals surface area (Å²) in [5, 5.41) is 5.08. The number of benzene rings is 1. The van der Waals surface area contributed by atoms with Crippen LogP contribution in [0.25, 0.3) is 0 Å². The molecule has 1 saturated carbocycles. The van der Waals surface area contributed by atoms with Gasteiger partial charge in [0.25, 0.3) is 5.91 Å². The lowest BCUT2D eigenvalue weighted by molar-refractivity contribution is -0.141. The maximum atomic E-state index is 14.4. The van der Waals surface area contributed by atoms with Crippen LogP contribution in [0.2, 0.25) is 0 Å². The minimum absolute atomic E-state index is 0.129. The first-order valence-electron chi connectivity index (χ1n) is 20.1. The van der Waals surface area contributed by atoms with Crippen LogP contribution in [0, 0.1) is 5.92 Å². The molecule has 5 bridgehead atoms. The lowest BCUT2D eigenvalue weighted by atomic mass is 9.97. The number of aryl methyl sites for hydroxylation is 1. The van der Waals surface area contributed by atoms with E-state index in [4.69, 9.17) is 9.47 Å². The van der Waals surface area contributed by atoms with E-state index < -0.39 is 63.3 Å². The molecule has 1 aromatic carbocycles. The number of hydrogen-bond acceptors (Lipinski definition) is 9. The zero-order chi connectivity index (χ0) is 37.5. The van der Waals surface area contributed by atoms with Crippen LogP contribution < -0.4 is 15.4 Å². The number of alkyl carbamates (subject to hydrolysis) is 1. The summed E-state index contributed by atoms with van der Waals surface area (Å²) in [6, 6.07) is 3.56. The van der Waals surface area contributed by atoms with Gasteiger partial charge in [-0.25, -0.2) is 13.2 Å². The number of amides is 4. The quantitative estimate of drug-likeness (QED) is 0.406. The fraction of sp³-hybridized carbons (Fsp3) is 0.744. The second kappa shape index (κ2) is 17.9. The highest BCUT2D eigenvalue weighted by molar-refractivity contribution is 7.90. The van der Waals surface area contributed by atoms with E-state index in [1.54, 1.807) is 0 Å². The predicted octanol–water partition coefficient (Wildman–Crippen LogP) is 4.41. The summed E-state index contributed by atoms with van der Waals surface area (Å²) < 4.78 is 39.9. The normalized spacial score (nSPS) is 31.6. The summed E-state index contributed by atoms with van der Waals surface area (Å²) in [5.74, 6) is -1.52. The van der Waals surface area contributed by atoms with Crippen molar-refractivity contribution >= 4 is 33.8 Å². The van der Waals surface area contributed by atoms with Gasteiger partial charge in [-0.15, -0.1) is 0 Å². The Labute approximate surface area is 314 Å². The van der Waals surface area contributed by atoms with Crippen molar-refractivity contribution in [1.29, 1.82) is 0 Å². The van der Waals surface area contributed by atoms with Gasteiger partial charge in [0.1, 0.15) is 24.4 Å². The van der Waals surface area contributed by atoms with Gasteiger partial charge in [0.2, 0.25) is 21.8 Å². The van der Waals surface area contributed by atoms with E-state index in [2.05, 4.69) is 45.4 Å². The van der Waals surface area contributed by atoms with E-state index in [1.807, 2.05) is 6.92 Å². The molecular weight excluding hydrogens is 699 g/mol. The number of hydrogen-bond donors (Lipinski definition) is 3. The third kappa shape index (κ3) is 10.5. The molecule has 2 saturated heterocycles. The topological polar surface area (TPSA) is 163 Å². The molecule has 6 rings (SSSR count). The molecule has 0 radical (unpaired) electrons. The Kier molecular flexibility index (Phi) is 13.4. The number of carbonyl (C=O) groups is 4. The minimum Gasteiger partial charge on any atom is -0.449 e. The summed E-state index contributed by atoms with van der Waals surface area (Å²) in [5.41, 5.74) is 4.01. The first-order valence-corrected chi connectivity index (χ1v) is 21.6. The maximum Gasteiger partial charge on any atom is 0.407 e. The summed E-state index contributed by atoms with van der Waals surface area (Å²) in [6.45, 7) is 5.95. The molecule has 4 heterocycles. The monoisotopic (exact) mass is 757 g/mol. The number of cyclic esters (lactones) is 1. The van der Waals surface area contributed by atoms with Crippen LogP contribution in [0.3, 0.4) is 0 Å². The molecule has 4 aliphatic heterocycles. The number of nitrogens with one attached hydrogen (secondary N) is 3. The number of carbonyl (C=O) groups excluding carboxylic acids is 4. The fourth-order valence-corrected chi connectivity index (χ4v) is 9.65. The number of sulfonamides is 1. The van der Waals surface area contributed by atoms with E-state index in [1.165, 1.54) is 21.6 Å². The molecule has 0 aromatic heterocycles. The van der Waals surface area contributed by atoms with Gasteiger partial charge in [-0.3, -0.25) is 24.0 Å². The smallest absolute Gasteiger partial charge is 0.407 e. The van der Waals surface area contributed by atoms with Gasteiger partial charge in [0.05, 0.1) is 18.0 Å². The Morgan fingerprint density at radius 2 is 1.55 bits per heavy atom. The highest BCUT2D eigenvalue weighted by Crippen LogP contribution is 2.32. The van der Waals surface area contributed by atoms with Crippen LogP contribution >= 0.6 is 0 Å². The summed E-state index contributed by atoms with van der Waals surface area (Å²) in [4.78, 5) is 58.9. The highest BCUT2D eigenvalue weighted by Gasteiger charge is 2.45. The van der Waals surface area contributed by atoms with Crippen LogP contribution in [0.5, 0.6) is 0 Å². The molecule has 3 fully saturated rings. The molecule has 1 aliphatic carbocycles. The molecule has 53 heavy (non-hydrogen) atoms. The SMILES string of the molecule is CC1O[C@@H]2C[C@H]3C(=O)NC(C(=O)NS(=O)(=O)C4CC4)CCCCCCCC[C@H](NC(=O)OC[C@H](C)CCCCCc4cccc5c4CN1C5)C(=O)N3C2. The Balaban J connectivity index is 1.25. The van der Waals surface area contributed by atoms with E-state index in [0.717, 1.165) is 70.9 Å². The summed E-state index contributed by atoms with van der Waals surface area (Å²) in [7, 11) is -3.82. The number of nitrogens with zero attached hydrogens (tertiary/aromatic N) is 2. The van der Waals surface area contributed by atoms with Gasteiger partial charge in [-0.05, 0) is 74.5 Å². The number of ether oxygens (including phenoxy) is 2. The second-order valence-electron chi connectivity index (χ2n) is 16.0. The third-order valence-corrected chi connectivity index (χ3v) is 13.5. The lowest BCUT2D eigenvalue weighted by Gasteiger charge is -2.30. The van der Waals surface area contributed by atoms with Crippen LogP contribution in [0.15, 0.2) is 18.2 Å². The fourth-order valence-electron chi connectivity index (χ4n) is 8.30. The lowest BCUT2D eigenvalue weighted by Crippen LogP contribution is -2.56. The Morgan fingerprint density at radius 1 is 0.849 bits per heavy atom. The zero-order valence-electron chi connectivity index (χ0n) is 31.5. The Morgan fingerprint density at radius 3 is 2.32 bits per heavy atom.